The fraction of sp³-hybridized carbons (Fsp3) is 0.360. The number of thiocarbonyl (C=S) groups is 1. The molecule has 1 saturated heterocycles. The van der Waals surface area contributed by atoms with Crippen molar-refractivity contribution < 1.29 is 9.90 Å². The minimum Gasteiger partial charge on any atom is -0.507 e. The Hall–Kier alpha value is -1.82. The summed E-state index contributed by atoms with van der Waals surface area (Å²) >= 11 is 13.0. The number of phenolic OH excluding ortho intramolecular Hbond substituents is 1. The molecule has 0 radical (unpaired) electrons. The van der Waals surface area contributed by atoms with Gasteiger partial charge in [0.05, 0.1) is 10.6 Å². The van der Waals surface area contributed by atoms with Gasteiger partial charge in [-0.15, -0.1) is 0 Å². The number of nitrogens with zero attached hydrogens (tertiary/aromatic N) is 1. The van der Waals surface area contributed by atoms with Crippen LogP contribution in [0.3, 0.4) is 0 Å². The number of hydrogen-bond donors (Lipinski definition) is 1. The molecule has 0 saturated carbocycles. The van der Waals surface area contributed by atoms with Gasteiger partial charge >= 0.3 is 0 Å². The van der Waals surface area contributed by atoms with E-state index in [4.69, 9.17) is 23.8 Å². The molecular weight excluding hydrogens is 446 g/mol. The number of carbonyl (C=O) groups is 1. The standard InChI is InChI=1S/C25H28ClNO2S2/c1-14-8-9-16(13-19(14)26)27-22(29)20(31-23(27)30)12-15-10-17(24(2,3)4)21(28)18(11-15)25(5,6)7/h8-13,28H,1-7H3/b20-12-. The predicted octanol–water partition coefficient (Wildman–Crippen LogP) is 7.35. The van der Waals surface area contributed by atoms with Gasteiger partial charge in [0.15, 0.2) is 4.32 Å². The number of aryl methyl sites for hydroxylation is 1. The van der Waals surface area contributed by atoms with E-state index < -0.39 is 0 Å². The first-order valence-electron chi connectivity index (χ1n) is 10.1. The maximum atomic E-state index is 13.2. The topological polar surface area (TPSA) is 40.5 Å². The molecule has 1 aliphatic rings. The van der Waals surface area contributed by atoms with Crippen LogP contribution < -0.4 is 4.90 Å². The number of halogens is 1. The van der Waals surface area contributed by atoms with Gasteiger partial charge in [-0.2, -0.15) is 0 Å². The van der Waals surface area contributed by atoms with Crippen molar-refractivity contribution in [3.63, 3.8) is 0 Å². The Morgan fingerprint density at radius 3 is 2.06 bits per heavy atom. The third-order valence-corrected chi connectivity index (χ3v) is 6.96. The molecule has 1 fully saturated rings. The largest absolute Gasteiger partial charge is 0.507 e. The number of amides is 1. The zero-order valence-electron chi connectivity index (χ0n) is 19.0. The number of anilines is 1. The minimum absolute atomic E-state index is 0.169. The van der Waals surface area contributed by atoms with Crippen LogP contribution in [0.4, 0.5) is 5.69 Å². The second kappa shape index (κ2) is 8.27. The zero-order valence-corrected chi connectivity index (χ0v) is 21.4. The van der Waals surface area contributed by atoms with E-state index in [1.807, 2.05) is 37.3 Å². The average molecular weight is 474 g/mol. The molecule has 0 spiro atoms. The molecule has 3 nitrogen and oxygen atoms in total. The van der Waals surface area contributed by atoms with E-state index in [1.165, 1.54) is 16.7 Å². The summed E-state index contributed by atoms with van der Waals surface area (Å²) in [6, 6.07) is 9.41. The van der Waals surface area contributed by atoms with Gasteiger partial charge in [-0.05, 0) is 59.2 Å². The maximum absolute atomic E-state index is 13.2. The lowest BCUT2D eigenvalue weighted by atomic mass is 9.78. The summed E-state index contributed by atoms with van der Waals surface area (Å²) < 4.78 is 0.474. The molecule has 6 heteroatoms. The van der Waals surface area contributed by atoms with Crippen LogP contribution in [-0.4, -0.2) is 15.3 Å². The van der Waals surface area contributed by atoms with Gasteiger partial charge in [-0.1, -0.05) is 83.2 Å². The van der Waals surface area contributed by atoms with Crippen molar-refractivity contribution in [3.05, 3.63) is 62.5 Å². The highest BCUT2D eigenvalue weighted by molar-refractivity contribution is 8.27. The summed E-state index contributed by atoms with van der Waals surface area (Å²) in [7, 11) is 0. The Morgan fingerprint density at radius 2 is 1.58 bits per heavy atom. The van der Waals surface area contributed by atoms with E-state index in [0.717, 1.165) is 22.3 Å². The molecule has 31 heavy (non-hydrogen) atoms. The minimum atomic E-state index is -0.245. The van der Waals surface area contributed by atoms with E-state index in [9.17, 15) is 9.90 Å². The van der Waals surface area contributed by atoms with E-state index in [2.05, 4.69) is 41.5 Å². The van der Waals surface area contributed by atoms with Crippen molar-refractivity contribution in [2.75, 3.05) is 4.90 Å². The number of carbonyl (C=O) groups excluding carboxylic acids is 1. The zero-order chi connectivity index (χ0) is 23.3. The van der Waals surface area contributed by atoms with Crippen molar-refractivity contribution in [3.8, 4) is 5.75 Å². The lowest BCUT2D eigenvalue weighted by molar-refractivity contribution is -0.113. The van der Waals surface area contributed by atoms with Crippen LogP contribution >= 0.6 is 35.6 Å². The van der Waals surface area contributed by atoms with Crippen LogP contribution in [0.5, 0.6) is 5.75 Å². The van der Waals surface area contributed by atoms with Gasteiger partial charge in [0.25, 0.3) is 5.91 Å². The number of benzene rings is 2. The summed E-state index contributed by atoms with van der Waals surface area (Å²) in [6.07, 6.45) is 1.86. The van der Waals surface area contributed by atoms with Gasteiger partial charge in [-0.25, -0.2) is 0 Å². The maximum Gasteiger partial charge on any atom is 0.270 e. The third kappa shape index (κ3) is 4.84. The third-order valence-electron chi connectivity index (χ3n) is 5.25. The first kappa shape index (κ1) is 23.8. The molecule has 164 valence electrons. The molecule has 3 rings (SSSR count). The summed E-state index contributed by atoms with van der Waals surface area (Å²) in [4.78, 5) is 15.3. The first-order valence-corrected chi connectivity index (χ1v) is 11.7. The molecule has 0 atom stereocenters. The van der Waals surface area contributed by atoms with E-state index in [0.29, 0.717) is 25.7 Å². The van der Waals surface area contributed by atoms with Crippen molar-refractivity contribution in [2.24, 2.45) is 0 Å². The SMILES string of the molecule is Cc1ccc(N2C(=O)/C(=C/c3cc(C(C)(C)C)c(O)c(C(C)(C)C)c3)SC2=S)cc1Cl. The monoisotopic (exact) mass is 473 g/mol. The molecule has 0 aliphatic carbocycles. The smallest absolute Gasteiger partial charge is 0.270 e. The second-order valence-corrected chi connectivity index (χ2v) is 12.0. The quantitative estimate of drug-likeness (QED) is 0.365. The number of aromatic hydroxyl groups is 1. The number of thioether (sulfide) groups is 1. The Labute approximate surface area is 199 Å². The molecule has 1 amide bonds. The molecule has 1 N–H and O–H groups in total. The summed E-state index contributed by atoms with van der Waals surface area (Å²) in [5, 5.41) is 11.5. The molecular formula is C25H28ClNO2S2. The highest BCUT2D eigenvalue weighted by atomic mass is 35.5. The van der Waals surface area contributed by atoms with Crippen LogP contribution in [0.15, 0.2) is 35.2 Å². The number of hydrogen-bond acceptors (Lipinski definition) is 4. The highest BCUT2D eigenvalue weighted by Crippen LogP contribution is 2.42. The van der Waals surface area contributed by atoms with Crippen LogP contribution in [0, 0.1) is 6.92 Å². The fourth-order valence-corrected chi connectivity index (χ4v) is 4.92. The first-order chi connectivity index (χ1) is 14.2. The van der Waals surface area contributed by atoms with E-state index in [1.54, 1.807) is 6.07 Å². The van der Waals surface area contributed by atoms with Crippen molar-refractivity contribution >= 4 is 57.6 Å². The number of rotatable bonds is 2. The summed E-state index contributed by atoms with van der Waals surface area (Å²) in [5.74, 6) is 0.150. The van der Waals surface area contributed by atoms with Crippen molar-refractivity contribution in [1.29, 1.82) is 0 Å². The highest BCUT2D eigenvalue weighted by Gasteiger charge is 2.34. The van der Waals surface area contributed by atoms with E-state index in [-0.39, 0.29) is 16.7 Å². The molecule has 1 aliphatic heterocycles. The van der Waals surface area contributed by atoms with Gasteiger partial charge in [0.2, 0.25) is 0 Å². The lowest BCUT2D eigenvalue weighted by Crippen LogP contribution is -2.27. The van der Waals surface area contributed by atoms with Gasteiger partial charge in [0, 0.05) is 16.1 Å². The van der Waals surface area contributed by atoms with Gasteiger partial charge in [0.1, 0.15) is 5.75 Å². The molecule has 0 bridgehead atoms. The van der Waals surface area contributed by atoms with Crippen LogP contribution in [0.25, 0.3) is 6.08 Å². The Balaban J connectivity index is 2.08. The fourth-order valence-electron chi connectivity index (χ4n) is 3.45. The summed E-state index contributed by atoms with van der Waals surface area (Å²) in [6.45, 7) is 14.3. The van der Waals surface area contributed by atoms with Crippen molar-refractivity contribution in [1.82, 2.24) is 0 Å². The van der Waals surface area contributed by atoms with Crippen LogP contribution in [0.2, 0.25) is 5.02 Å². The predicted molar refractivity (Wildman–Crippen MR) is 137 cm³/mol. The normalized spacial score (nSPS) is 16.5. The number of phenols is 1. The van der Waals surface area contributed by atoms with Gasteiger partial charge in [-0.3, -0.25) is 9.69 Å². The second-order valence-electron chi connectivity index (χ2n) is 9.92. The Bertz CT molecular complexity index is 1070. The van der Waals surface area contributed by atoms with Gasteiger partial charge < -0.3 is 5.11 Å². The molecule has 2 aromatic rings. The average Bonchev–Trinajstić information content (AvgIpc) is 2.90. The summed E-state index contributed by atoms with van der Waals surface area (Å²) in [5.41, 5.74) is 3.70. The molecule has 0 aromatic heterocycles. The van der Waals surface area contributed by atoms with Crippen LogP contribution in [-0.2, 0) is 15.6 Å². The van der Waals surface area contributed by atoms with Crippen molar-refractivity contribution in [2.45, 2.75) is 59.3 Å². The lowest BCUT2D eigenvalue weighted by Gasteiger charge is -2.28. The molecule has 0 unspecified atom stereocenters. The Morgan fingerprint density at radius 1 is 1.03 bits per heavy atom. The molecule has 1 heterocycles. The molecule has 2 aromatic carbocycles. The Kier molecular flexibility index (Phi) is 6.36. The van der Waals surface area contributed by atoms with E-state index >= 15 is 0 Å². The van der Waals surface area contributed by atoms with Crippen LogP contribution in [0.1, 0.15) is 63.8 Å².